The van der Waals surface area contributed by atoms with Gasteiger partial charge in [-0.3, -0.25) is 9.48 Å². The number of amides is 1. The number of alkyl halides is 5. The zero-order valence-corrected chi connectivity index (χ0v) is 20.3. The summed E-state index contributed by atoms with van der Waals surface area (Å²) in [5.74, 6) is -4.01. The van der Waals surface area contributed by atoms with Crippen LogP contribution in [0.1, 0.15) is 29.4 Å². The lowest BCUT2D eigenvalue weighted by Gasteiger charge is -2.43. The lowest BCUT2D eigenvalue weighted by Crippen LogP contribution is -2.57. The Balaban J connectivity index is 1.62. The summed E-state index contributed by atoms with van der Waals surface area (Å²) in [6, 6.07) is 6.22. The van der Waals surface area contributed by atoms with Gasteiger partial charge in [-0.2, -0.15) is 18.3 Å². The van der Waals surface area contributed by atoms with Crippen LogP contribution in [-0.2, 0) is 13.2 Å². The summed E-state index contributed by atoms with van der Waals surface area (Å²) in [6.45, 7) is 0.717. The monoisotopic (exact) mass is 524 g/mol. The molecule has 0 spiro atoms. The first-order chi connectivity index (χ1) is 17.4. The van der Waals surface area contributed by atoms with Crippen molar-refractivity contribution in [2.75, 3.05) is 25.5 Å². The third kappa shape index (κ3) is 5.81. The molecule has 1 N–H and O–H groups in total. The van der Waals surface area contributed by atoms with Gasteiger partial charge in [0.1, 0.15) is 5.75 Å². The van der Waals surface area contributed by atoms with Crippen LogP contribution in [0.2, 0.25) is 0 Å². The molecule has 0 aliphatic carbocycles. The van der Waals surface area contributed by atoms with Crippen molar-refractivity contribution in [3.63, 3.8) is 0 Å². The number of benzene rings is 1. The predicted octanol–water partition coefficient (Wildman–Crippen LogP) is 4.50. The predicted molar refractivity (Wildman–Crippen MR) is 124 cm³/mol. The number of methoxy groups -OCH3 is 1. The number of carbonyl (C=O) groups is 1. The molecule has 1 aliphatic heterocycles. The summed E-state index contributed by atoms with van der Waals surface area (Å²) in [5.41, 5.74) is 0.0587. The maximum atomic E-state index is 14.6. The Hall–Kier alpha value is -3.77. The van der Waals surface area contributed by atoms with E-state index in [1.54, 1.807) is 44.4 Å². The zero-order valence-electron chi connectivity index (χ0n) is 20.3. The minimum Gasteiger partial charge on any atom is -0.497 e. The Morgan fingerprint density at radius 2 is 1.95 bits per heavy atom. The second-order valence-corrected chi connectivity index (χ2v) is 9.01. The second kappa shape index (κ2) is 9.94. The van der Waals surface area contributed by atoms with Crippen LogP contribution in [0.25, 0.3) is 11.1 Å². The van der Waals surface area contributed by atoms with Gasteiger partial charge < -0.3 is 15.0 Å². The first kappa shape index (κ1) is 26.3. The molecule has 37 heavy (non-hydrogen) atoms. The fraction of sp³-hybridized carbons (Fsp3) is 0.417. The summed E-state index contributed by atoms with van der Waals surface area (Å²) >= 11 is 0. The minimum atomic E-state index is -4.59. The van der Waals surface area contributed by atoms with Crippen LogP contribution in [-0.4, -0.2) is 62.7 Å². The van der Waals surface area contributed by atoms with Crippen molar-refractivity contribution in [1.82, 2.24) is 24.6 Å². The van der Waals surface area contributed by atoms with Gasteiger partial charge in [-0.1, -0.05) is 19.1 Å². The molecule has 1 unspecified atom stereocenters. The molecule has 0 radical (unpaired) electrons. The summed E-state index contributed by atoms with van der Waals surface area (Å²) in [4.78, 5) is 22.1. The molecule has 2 aromatic heterocycles. The van der Waals surface area contributed by atoms with Gasteiger partial charge in [0.25, 0.3) is 11.8 Å². The lowest BCUT2D eigenvalue weighted by atomic mass is 9.88. The van der Waals surface area contributed by atoms with E-state index >= 15 is 0 Å². The van der Waals surface area contributed by atoms with Crippen molar-refractivity contribution in [2.45, 2.75) is 31.5 Å². The number of piperidine rings is 1. The molecular weight excluding hydrogens is 499 g/mol. The number of likely N-dealkylation sites (tertiary alicyclic amines) is 1. The molecule has 1 aromatic carbocycles. The van der Waals surface area contributed by atoms with Crippen LogP contribution in [0.4, 0.5) is 27.9 Å². The van der Waals surface area contributed by atoms with Gasteiger partial charge in [0.05, 0.1) is 25.3 Å². The molecule has 1 aliphatic rings. The van der Waals surface area contributed by atoms with Crippen molar-refractivity contribution in [3.8, 4) is 16.9 Å². The molecule has 0 bridgehead atoms. The van der Waals surface area contributed by atoms with Gasteiger partial charge >= 0.3 is 6.18 Å². The number of ether oxygens (including phenoxy) is 1. The van der Waals surface area contributed by atoms with Crippen LogP contribution in [0.5, 0.6) is 5.75 Å². The number of aromatic nitrogens is 4. The molecule has 3 aromatic rings. The summed E-state index contributed by atoms with van der Waals surface area (Å²) < 4.78 is 74.3. The van der Waals surface area contributed by atoms with Crippen LogP contribution < -0.4 is 10.1 Å². The molecule has 8 nitrogen and oxygen atoms in total. The molecule has 1 saturated heterocycles. The van der Waals surface area contributed by atoms with Crippen molar-refractivity contribution in [2.24, 2.45) is 13.0 Å². The molecule has 3 heterocycles. The molecule has 198 valence electrons. The van der Waals surface area contributed by atoms with Gasteiger partial charge in [-0.25, -0.2) is 18.7 Å². The van der Waals surface area contributed by atoms with Gasteiger partial charge in [-0.15, -0.1) is 0 Å². The maximum Gasteiger partial charge on any atom is 0.419 e. The van der Waals surface area contributed by atoms with E-state index in [0.29, 0.717) is 29.3 Å². The number of hydrogen-bond donors (Lipinski definition) is 1. The first-order valence-corrected chi connectivity index (χ1v) is 11.4. The van der Waals surface area contributed by atoms with Crippen molar-refractivity contribution in [3.05, 3.63) is 54.1 Å². The van der Waals surface area contributed by atoms with Crippen LogP contribution >= 0.6 is 0 Å². The highest BCUT2D eigenvalue weighted by Crippen LogP contribution is 2.36. The van der Waals surface area contributed by atoms with Crippen LogP contribution in [0.3, 0.4) is 0 Å². The number of aryl methyl sites for hydroxylation is 1. The van der Waals surface area contributed by atoms with Gasteiger partial charge in [0.15, 0.2) is 5.69 Å². The standard InChI is InChI=1S/C24H25F5N6O2/c1-14-8-23(25,26)13-35(19(14)11-32-22-30-9-16(10-31-22)24(27,28)29)21(36)20-18(12-34(2)33-20)15-5-4-6-17(7-15)37-3/h4-7,9-10,12,14,19H,8,11,13H2,1-3H3,(H,30,31,32)/t14-,19?/m1/s1. The largest absolute Gasteiger partial charge is 0.497 e. The minimum absolute atomic E-state index is 0.00330. The number of hydrogen-bond acceptors (Lipinski definition) is 6. The number of carbonyl (C=O) groups excluding carboxylic acids is 1. The number of nitrogens with zero attached hydrogens (tertiary/aromatic N) is 5. The zero-order chi connectivity index (χ0) is 27.0. The highest BCUT2D eigenvalue weighted by Gasteiger charge is 2.47. The molecule has 2 atom stereocenters. The van der Waals surface area contributed by atoms with Crippen molar-refractivity contribution in [1.29, 1.82) is 0 Å². The lowest BCUT2D eigenvalue weighted by molar-refractivity contribution is -0.138. The summed E-state index contributed by atoms with van der Waals surface area (Å²) in [6.07, 6.45) is -2.16. The Kier molecular flexibility index (Phi) is 7.07. The van der Waals surface area contributed by atoms with Crippen LogP contribution in [0, 0.1) is 5.92 Å². The van der Waals surface area contributed by atoms with E-state index in [9.17, 15) is 26.7 Å². The third-order valence-electron chi connectivity index (χ3n) is 6.20. The normalized spacial score (nSPS) is 19.5. The molecular formula is C24H25F5N6O2. The topological polar surface area (TPSA) is 85.2 Å². The molecule has 4 rings (SSSR count). The molecule has 0 saturated carbocycles. The summed E-state index contributed by atoms with van der Waals surface area (Å²) in [5, 5.41) is 7.05. The maximum absolute atomic E-state index is 14.6. The van der Waals surface area contributed by atoms with E-state index < -0.39 is 48.5 Å². The molecule has 1 amide bonds. The smallest absolute Gasteiger partial charge is 0.419 e. The Morgan fingerprint density at radius 1 is 1.24 bits per heavy atom. The Bertz CT molecular complexity index is 1260. The van der Waals surface area contributed by atoms with Gasteiger partial charge in [0.2, 0.25) is 5.95 Å². The van der Waals surface area contributed by atoms with E-state index in [2.05, 4.69) is 20.4 Å². The van der Waals surface area contributed by atoms with Crippen molar-refractivity contribution >= 4 is 11.9 Å². The summed E-state index contributed by atoms with van der Waals surface area (Å²) in [7, 11) is 3.12. The van der Waals surface area contributed by atoms with Gasteiger partial charge in [0, 0.05) is 44.2 Å². The quantitative estimate of drug-likeness (QED) is 0.478. The Morgan fingerprint density at radius 3 is 2.59 bits per heavy atom. The van der Waals surface area contributed by atoms with Crippen LogP contribution in [0.15, 0.2) is 42.9 Å². The Labute approximate surface area is 209 Å². The van der Waals surface area contributed by atoms with E-state index in [-0.39, 0.29) is 18.2 Å². The highest BCUT2D eigenvalue weighted by molar-refractivity contribution is 5.99. The third-order valence-corrected chi connectivity index (χ3v) is 6.20. The number of anilines is 1. The molecule has 13 heteroatoms. The highest BCUT2D eigenvalue weighted by atomic mass is 19.4. The van der Waals surface area contributed by atoms with E-state index in [1.807, 2.05) is 0 Å². The van der Waals surface area contributed by atoms with E-state index in [4.69, 9.17) is 4.74 Å². The fourth-order valence-electron chi connectivity index (χ4n) is 4.42. The molecule has 1 fully saturated rings. The number of halogens is 5. The van der Waals surface area contributed by atoms with Gasteiger partial charge in [-0.05, 0) is 23.6 Å². The van der Waals surface area contributed by atoms with Crippen molar-refractivity contribution < 1.29 is 31.5 Å². The average molecular weight is 524 g/mol. The SMILES string of the molecule is COc1cccc(-c2cn(C)nc2C(=O)N2CC(F)(F)C[C@@H](C)C2CNc2ncc(C(F)(F)F)cn2)c1. The fourth-order valence-corrected chi connectivity index (χ4v) is 4.42. The average Bonchev–Trinajstić information content (AvgIpc) is 3.23. The van der Waals surface area contributed by atoms with E-state index in [0.717, 1.165) is 4.90 Å². The second-order valence-electron chi connectivity index (χ2n) is 9.01. The number of rotatable bonds is 6. The van der Waals surface area contributed by atoms with E-state index in [1.165, 1.54) is 11.8 Å². The first-order valence-electron chi connectivity index (χ1n) is 11.4. The number of nitrogens with one attached hydrogen (secondary N) is 1.